The second kappa shape index (κ2) is 4.15. The number of aromatic nitrogens is 1. The van der Waals surface area contributed by atoms with Gasteiger partial charge in [-0.3, -0.25) is 0 Å². The Morgan fingerprint density at radius 2 is 2.23 bits per heavy atom. The fourth-order valence-corrected chi connectivity index (χ4v) is 1.81. The maximum Gasteiger partial charge on any atom is 0.280 e. The monoisotopic (exact) mass is 314 g/mol. The fourth-order valence-electron chi connectivity index (χ4n) is 0.713. The number of halogens is 4. The Morgan fingerprint density at radius 1 is 1.62 bits per heavy atom. The first-order chi connectivity index (χ1) is 6.06. The molecule has 0 bridgehead atoms. The quantitative estimate of drug-likeness (QED) is 0.590. The molecule has 0 spiro atoms. The minimum Gasteiger partial charge on any atom is -0.239 e. The maximum absolute atomic E-state index is 12.2. The Hall–Kier alpha value is -0.480. The predicted octanol–water partition coefficient (Wildman–Crippen LogP) is 3.15. The second-order valence-corrected chi connectivity index (χ2v) is 3.54. The van der Waals surface area contributed by atoms with Gasteiger partial charge in [-0.05, 0) is 28.7 Å². The molecule has 0 aliphatic heterocycles. The molecule has 0 fully saturated rings. The molecule has 2 nitrogen and oxygen atoms in total. The molecule has 0 N–H and O–H groups in total. The van der Waals surface area contributed by atoms with Crippen molar-refractivity contribution in [2.45, 2.75) is 6.43 Å². The highest BCUT2D eigenvalue weighted by Crippen LogP contribution is 2.25. The molecule has 68 valence electrons. The van der Waals surface area contributed by atoms with Gasteiger partial charge in [-0.15, -0.1) is 0 Å². The number of nitriles is 1. The molecule has 1 aromatic rings. The number of hydrogen-bond acceptors (Lipinski definition) is 2. The summed E-state index contributed by atoms with van der Waals surface area (Å²) in [6.45, 7) is 0. The summed E-state index contributed by atoms with van der Waals surface area (Å²) in [5.74, 6) is 0. The van der Waals surface area contributed by atoms with E-state index in [0.717, 1.165) is 6.07 Å². The highest BCUT2D eigenvalue weighted by Gasteiger charge is 2.14. The van der Waals surface area contributed by atoms with Gasteiger partial charge in [-0.1, -0.05) is 11.6 Å². The van der Waals surface area contributed by atoms with Crippen LogP contribution in [0.25, 0.3) is 0 Å². The van der Waals surface area contributed by atoms with Gasteiger partial charge in [0, 0.05) is 0 Å². The maximum atomic E-state index is 12.2. The number of alkyl halides is 2. The van der Waals surface area contributed by atoms with E-state index in [1.54, 1.807) is 28.7 Å². The molecule has 0 amide bonds. The highest BCUT2D eigenvalue weighted by molar-refractivity contribution is 14.1. The smallest absolute Gasteiger partial charge is 0.239 e. The van der Waals surface area contributed by atoms with Crippen molar-refractivity contribution in [1.29, 1.82) is 5.26 Å². The van der Waals surface area contributed by atoms with Crippen molar-refractivity contribution < 1.29 is 8.78 Å². The van der Waals surface area contributed by atoms with E-state index < -0.39 is 12.1 Å². The van der Waals surface area contributed by atoms with Crippen LogP contribution >= 0.6 is 34.2 Å². The first-order valence-corrected chi connectivity index (χ1v) is 4.56. The summed E-state index contributed by atoms with van der Waals surface area (Å²) in [4.78, 5) is 3.53. The van der Waals surface area contributed by atoms with Crippen molar-refractivity contribution in [3.63, 3.8) is 0 Å². The van der Waals surface area contributed by atoms with Crippen LogP contribution in [-0.4, -0.2) is 4.98 Å². The number of nitrogens with zero attached hydrogens (tertiary/aromatic N) is 2. The Kier molecular flexibility index (Phi) is 3.39. The average Bonchev–Trinajstić information content (AvgIpc) is 2.03. The van der Waals surface area contributed by atoms with E-state index in [1.165, 1.54) is 0 Å². The Morgan fingerprint density at radius 3 is 2.62 bits per heavy atom. The van der Waals surface area contributed by atoms with Gasteiger partial charge in [0.15, 0.2) is 0 Å². The van der Waals surface area contributed by atoms with Gasteiger partial charge in [-0.2, -0.15) is 5.26 Å². The Bertz CT molecular complexity index is 352. The van der Waals surface area contributed by atoms with Crippen LogP contribution in [0.4, 0.5) is 8.78 Å². The molecule has 1 aromatic heterocycles. The van der Waals surface area contributed by atoms with Gasteiger partial charge in [0.05, 0.1) is 5.02 Å². The highest BCUT2D eigenvalue weighted by atomic mass is 127. The third kappa shape index (κ3) is 2.25. The molecular weight excluding hydrogens is 312 g/mol. The summed E-state index contributed by atoms with van der Waals surface area (Å²) in [6, 6.07) is 2.79. The van der Waals surface area contributed by atoms with Crippen LogP contribution in [0.3, 0.4) is 0 Å². The zero-order valence-electron chi connectivity index (χ0n) is 6.06. The second-order valence-electron chi connectivity index (χ2n) is 2.11. The fraction of sp³-hybridized carbons (Fsp3) is 0.143. The zero-order chi connectivity index (χ0) is 10.0. The minimum absolute atomic E-state index is 0.0113. The molecule has 0 saturated heterocycles. The molecule has 0 aliphatic rings. The van der Waals surface area contributed by atoms with Crippen LogP contribution in [0.1, 0.15) is 17.7 Å². The summed E-state index contributed by atoms with van der Waals surface area (Å²) in [5.41, 5.74) is -0.278. The van der Waals surface area contributed by atoms with Crippen molar-refractivity contribution in [3.8, 4) is 6.07 Å². The number of pyridine rings is 1. The lowest BCUT2D eigenvalue weighted by molar-refractivity contribution is 0.146. The van der Waals surface area contributed by atoms with Gasteiger partial charge >= 0.3 is 0 Å². The Labute approximate surface area is 91.7 Å². The molecule has 1 rings (SSSR count). The van der Waals surface area contributed by atoms with Crippen LogP contribution in [0, 0.1) is 15.0 Å². The summed E-state index contributed by atoms with van der Waals surface area (Å²) < 4.78 is 24.5. The van der Waals surface area contributed by atoms with Crippen molar-refractivity contribution in [3.05, 3.63) is 26.0 Å². The lowest BCUT2D eigenvalue weighted by atomic mass is 10.3. The topological polar surface area (TPSA) is 36.7 Å². The van der Waals surface area contributed by atoms with Gasteiger partial charge in [0.1, 0.15) is 21.0 Å². The largest absolute Gasteiger partial charge is 0.280 e. The standard InChI is InChI=1S/C7H2ClF2IN2/c8-4-1-5(6(9)10)13-7(11)3(4)2-12/h1,6H. The molecule has 0 saturated carbocycles. The van der Waals surface area contributed by atoms with Crippen molar-refractivity contribution in [2.75, 3.05) is 0 Å². The third-order valence-corrected chi connectivity index (χ3v) is 2.36. The summed E-state index contributed by atoms with van der Waals surface area (Å²) in [7, 11) is 0. The van der Waals surface area contributed by atoms with E-state index in [1.807, 2.05) is 0 Å². The van der Waals surface area contributed by atoms with E-state index in [2.05, 4.69) is 4.98 Å². The van der Waals surface area contributed by atoms with E-state index in [0.29, 0.717) is 0 Å². The number of hydrogen-bond donors (Lipinski definition) is 0. The van der Waals surface area contributed by atoms with Crippen molar-refractivity contribution >= 4 is 34.2 Å². The van der Waals surface area contributed by atoms with Gasteiger partial charge in [0.25, 0.3) is 6.43 Å². The van der Waals surface area contributed by atoms with Crippen LogP contribution in [0.15, 0.2) is 6.07 Å². The van der Waals surface area contributed by atoms with Crippen LogP contribution in [-0.2, 0) is 0 Å². The van der Waals surface area contributed by atoms with Crippen molar-refractivity contribution in [1.82, 2.24) is 4.98 Å². The summed E-state index contributed by atoms with van der Waals surface area (Å²) in [6.07, 6.45) is -2.67. The molecular formula is C7H2ClF2IN2. The van der Waals surface area contributed by atoms with Gasteiger partial charge in [0.2, 0.25) is 0 Å². The van der Waals surface area contributed by atoms with E-state index in [9.17, 15) is 8.78 Å². The third-order valence-electron chi connectivity index (χ3n) is 1.28. The van der Waals surface area contributed by atoms with Crippen molar-refractivity contribution in [2.24, 2.45) is 0 Å². The molecule has 1 heterocycles. The number of rotatable bonds is 1. The van der Waals surface area contributed by atoms with E-state index >= 15 is 0 Å². The summed E-state index contributed by atoms with van der Waals surface area (Å²) >= 11 is 7.27. The van der Waals surface area contributed by atoms with Gasteiger partial charge < -0.3 is 0 Å². The van der Waals surface area contributed by atoms with Crippen LogP contribution in [0.5, 0.6) is 0 Å². The minimum atomic E-state index is -2.67. The molecule has 6 heteroatoms. The molecule has 0 atom stereocenters. The predicted molar refractivity (Wildman–Crippen MR) is 51.6 cm³/mol. The van der Waals surface area contributed by atoms with E-state index in [4.69, 9.17) is 16.9 Å². The Balaban J connectivity index is 3.30. The first-order valence-electron chi connectivity index (χ1n) is 3.10. The lowest BCUT2D eigenvalue weighted by Gasteiger charge is -2.02. The SMILES string of the molecule is N#Cc1c(Cl)cc(C(F)F)nc1I. The summed E-state index contributed by atoms with van der Waals surface area (Å²) in [5, 5.41) is 8.57. The molecule has 0 aromatic carbocycles. The molecule has 13 heavy (non-hydrogen) atoms. The lowest BCUT2D eigenvalue weighted by Crippen LogP contribution is -1.96. The molecule has 0 aliphatic carbocycles. The first kappa shape index (κ1) is 10.6. The normalized spacial score (nSPS) is 10.2. The molecule has 0 unspecified atom stereocenters. The zero-order valence-corrected chi connectivity index (χ0v) is 8.97. The molecule has 0 radical (unpaired) electrons. The average molecular weight is 314 g/mol. The van der Waals surface area contributed by atoms with E-state index in [-0.39, 0.29) is 14.3 Å². The van der Waals surface area contributed by atoms with Crippen LogP contribution < -0.4 is 0 Å². The van der Waals surface area contributed by atoms with Gasteiger partial charge in [-0.25, -0.2) is 13.8 Å². The van der Waals surface area contributed by atoms with Crippen LogP contribution in [0.2, 0.25) is 5.02 Å².